The third-order valence-corrected chi connectivity index (χ3v) is 3.49. The minimum atomic E-state index is -0.291. The van der Waals surface area contributed by atoms with Gasteiger partial charge in [0.25, 0.3) is 0 Å². The molecule has 1 aliphatic heterocycles. The molecule has 0 saturated carbocycles. The predicted octanol–water partition coefficient (Wildman–Crippen LogP) is 1.01. The zero-order valence-electron chi connectivity index (χ0n) is 10.7. The van der Waals surface area contributed by atoms with E-state index in [0.717, 1.165) is 19.5 Å². The highest BCUT2D eigenvalue weighted by atomic mass is 32.2. The van der Waals surface area contributed by atoms with Crippen LogP contribution in [0, 0.1) is 0 Å². The van der Waals surface area contributed by atoms with Crippen LogP contribution in [-0.4, -0.2) is 50.3 Å². The maximum absolute atomic E-state index is 11.7. The van der Waals surface area contributed by atoms with E-state index < -0.39 is 0 Å². The van der Waals surface area contributed by atoms with Gasteiger partial charge in [0, 0.05) is 19.6 Å². The summed E-state index contributed by atoms with van der Waals surface area (Å²) in [4.78, 5) is 11.7. The lowest BCUT2D eigenvalue weighted by molar-refractivity contribution is -0.134. The number of ether oxygens (including phenoxy) is 1. The van der Waals surface area contributed by atoms with Crippen LogP contribution in [0.2, 0.25) is 0 Å². The summed E-state index contributed by atoms with van der Waals surface area (Å²) in [6.45, 7) is 2.89. The first kappa shape index (κ1) is 14.8. The van der Waals surface area contributed by atoms with Crippen LogP contribution in [0.3, 0.4) is 0 Å². The van der Waals surface area contributed by atoms with E-state index >= 15 is 0 Å². The second kappa shape index (κ2) is 9.74. The summed E-state index contributed by atoms with van der Waals surface area (Å²) in [5, 5.41) is 6.09. The normalized spacial score (nSPS) is 20.2. The molecule has 1 atom stereocenters. The molecule has 1 aliphatic rings. The second-order valence-corrected chi connectivity index (χ2v) is 5.25. The zero-order valence-corrected chi connectivity index (χ0v) is 11.5. The van der Waals surface area contributed by atoms with Gasteiger partial charge < -0.3 is 15.4 Å². The van der Waals surface area contributed by atoms with E-state index in [1.807, 2.05) is 11.8 Å². The van der Waals surface area contributed by atoms with E-state index in [4.69, 9.17) is 4.74 Å². The molecule has 0 radical (unpaired) electrons. The lowest BCUT2D eigenvalue weighted by Crippen LogP contribution is -2.48. The average molecular weight is 260 g/mol. The van der Waals surface area contributed by atoms with Crippen LogP contribution in [0.1, 0.15) is 25.7 Å². The molecule has 1 fully saturated rings. The Hall–Kier alpha value is -0.260. The summed E-state index contributed by atoms with van der Waals surface area (Å²) < 4.78 is 5.37. The molecule has 0 aromatic heterocycles. The topological polar surface area (TPSA) is 50.4 Å². The number of hydrogen-bond donors (Lipinski definition) is 2. The third-order valence-electron chi connectivity index (χ3n) is 2.79. The van der Waals surface area contributed by atoms with Crippen molar-refractivity contribution in [3.63, 3.8) is 0 Å². The van der Waals surface area contributed by atoms with Crippen molar-refractivity contribution in [3.8, 4) is 0 Å². The first-order valence-electron chi connectivity index (χ1n) is 6.43. The van der Waals surface area contributed by atoms with Gasteiger partial charge in [0.15, 0.2) is 0 Å². The Balaban J connectivity index is 1.92. The number of unbranched alkanes of at least 4 members (excludes halogenated alkanes) is 3. The minimum absolute atomic E-state index is 0.0290. The lowest BCUT2D eigenvalue weighted by Gasteiger charge is -2.22. The van der Waals surface area contributed by atoms with Crippen molar-refractivity contribution in [1.29, 1.82) is 0 Å². The Kier molecular flexibility index (Phi) is 8.48. The molecule has 1 heterocycles. The summed E-state index contributed by atoms with van der Waals surface area (Å²) in [6, 6.07) is 0. The van der Waals surface area contributed by atoms with Gasteiger partial charge in [-0.05, 0) is 24.9 Å². The summed E-state index contributed by atoms with van der Waals surface area (Å²) in [6.07, 6.45) is 6.66. The Morgan fingerprint density at radius 1 is 1.41 bits per heavy atom. The zero-order chi connectivity index (χ0) is 12.3. The van der Waals surface area contributed by atoms with Gasteiger partial charge in [-0.1, -0.05) is 12.8 Å². The van der Waals surface area contributed by atoms with Gasteiger partial charge >= 0.3 is 0 Å². The van der Waals surface area contributed by atoms with Crippen LogP contribution in [-0.2, 0) is 9.53 Å². The molecule has 0 spiro atoms. The van der Waals surface area contributed by atoms with Crippen molar-refractivity contribution in [3.05, 3.63) is 0 Å². The SMILES string of the molecule is CSCCCCCCNC(=O)C1CNCCO1. The number of morpholine rings is 1. The smallest absolute Gasteiger partial charge is 0.250 e. The summed E-state index contributed by atoms with van der Waals surface area (Å²) in [7, 11) is 0. The molecule has 1 unspecified atom stereocenters. The average Bonchev–Trinajstić information content (AvgIpc) is 2.38. The maximum Gasteiger partial charge on any atom is 0.250 e. The van der Waals surface area contributed by atoms with E-state index in [9.17, 15) is 4.79 Å². The van der Waals surface area contributed by atoms with E-state index in [1.54, 1.807) is 0 Å². The Labute approximate surface area is 108 Å². The molecule has 1 amide bonds. The Bertz CT molecular complexity index is 209. The summed E-state index contributed by atoms with van der Waals surface area (Å²) in [5.41, 5.74) is 0. The molecule has 0 bridgehead atoms. The van der Waals surface area contributed by atoms with E-state index in [1.165, 1.54) is 25.0 Å². The van der Waals surface area contributed by atoms with Gasteiger partial charge in [-0.2, -0.15) is 11.8 Å². The highest BCUT2D eigenvalue weighted by molar-refractivity contribution is 7.98. The van der Waals surface area contributed by atoms with E-state index in [0.29, 0.717) is 13.2 Å². The van der Waals surface area contributed by atoms with Crippen molar-refractivity contribution in [2.24, 2.45) is 0 Å². The molecule has 0 aliphatic carbocycles. The van der Waals surface area contributed by atoms with Crippen LogP contribution in [0.4, 0.5) is 0 Å². The molecule has 0 aromatic rings. The summed E-state index contributed by atoms with van der Waals surface area (Å²) >= 11 is 1.90. The van der Waals surface area contributed by atoms with Crippen molar-refractivity contribution in [2.45, 2.75) is 31.8 Å². The van der Waals surface area contributed by atoms with Gasteiger partial charge in [-0.15, -0.1) is 0 Å². The highest BCUT2D eigenvalue weighted by Gasteiger charge is 2.20. The maximum atomic E-state index is 11.7. The molecule has 100 valence electrons. The quantitative estimate of drug-likeness (QED) is 0.640. The molecular weight excluding hydrogens is 236 g/mol. The summed E-state index contributed by atoms with van der Waals surface area (Å²) in [5.74, 6) is 1.27. The van der Waals surface area contributed by atoms with Gasteiger partial charge in [-0.3, -0.25) is 4.79 Å². The Morgan fingerprint density at radius 2 is 2.24 bits per heavy atom. The van der Waals surface area contributed by atoms with Crippen molar-refractivity contribution < 1.29 is 9.53 Å². The Morgan fingerprint density at radius 3 is 2.94 bits per heavy atom. The monoisotopic (exact) mass is 260 g/mol. The number of nitrogens with one attached hydrogen (secondary N) is 2. The van der Waals surface area contributed by atoms with Crippen LogP contribution < -0.4 is 10.6 Å². The van der Waals surface area contributed by atoms with E-state index in [2.05, 4.69) is 16.9 Å². The third kappa shape index (κ3) is 6.91. The fourth-order valence-electron chi connectivity index (χ4n) is 1.78. The molecule has 0 aromatic carbocycles. The van der Waals surface area contributed by atoms with Crippen molar-refractivity contribution in [2.75, 3.05) is 38.2 Å². The number of hydrogen-bond acceptors (Lipinski definition) is 4. The van der Waals surface area contributed by atoms with Crippen molar-refractivity contribution >= 4 is 17.7 Å². The predicted molar refractivity (Wildman–Crippen MR) is 72.5 cm³/mol. The van der Waals surface area contributed by atoms with Gasteiger partial charge in [-0.25, -0.2) is 0 Å². The van der Waals surface area contributed by atoms with Crippen LogP contribution in [0.25, 0.3) is 0 Å². The van der Waals surface area contributed by atoms with Crippen LogP contribution in [0.15, 0.2) is 0 Å². The van der Waals surface area contributed by atoms with Crippen LogP contribution >= 0.6 is 11.8 Å². The molecule has 4 nitrogen and oxygen atoms in total. The lowest BCUT2D eigenvalue weighted by atomic mass is 10.2. The molecule has 2 N–H and O–H groups in total. The standard InChI is InChI=1S/C12H24N2O2S/c1-17-9-5-3-2-4-6-14-12(15)11-10-13-7-8-16-11/h11,13H,2-10H2,1H3,(H,14,15). The van der Waals surface area contributed by atoms with Gasteiger partial charge in [0.05, 0.1) is 6.61 Å². The van der Waals surface area contributed by atoms with E-state index in [-0.39, 0.29) is 12.0 Å². The fraction of sp³-hybridized carbons (Fsp3) is 0.917. The molecule has 1 rings (SSSR count). The molecule has 5 heteroatoms. The van der Waals surface area contributed by atoms with Gasteiger partial charge in [0.1, 0.15) is 6.10 Å². The second-order valence-electron chi connectivity index (χ2n) is 4.26. The number of carbonyl (C=O) groups is 1. The fourth-order valence-corrected chi connectivity index (χ4v) is 2.28. The van der Waals surface area contributed by atoms with Gasteiger partial charge in [0.2, 0.25) is 5.91 Å². The highest BCUT2D eigenvalue weighted by Crippen LogP contribution is 2.04. The minimum Gasteiger partial charge on any atom is -0.366 e. The molecule has 1 saturated heterocycles. The number of rotatable bonds is 8. The molecule has 17 heavy (non-hydrogen) atoms. The largest absolute Gasteiger partial charge is 0.366 e. The number of amides is 1. The van der Waals surface area contributed by atoms with Crippen LogP contribution in [0.5, 0.6) is 0 Å². The number of carbonyl (C=O) groups excluding carboxylic acids is 1. The van der Waals surface area contributed by atoms with Crippen molar-refractivity contribution in [1.82, 2.24) is 10.6 Å². The molecular formula is C12H24N2O2S. The first-order chi connectivity index (χ1) is 8.34. The number of thioether (sulfide) groups is 1. The first-order valence-corrected chi connectivity index (χ1v) is 7.83.